The van der Waals surface area contributed by atoms with Crippen molar-refractivity contribution in [2.45, 2.75) is 6.54 Å². The number of anilines is 2. The first-order valence-electron chi connectivity index (χ1n) is 7.16. The molecule has 116 valence electrons. The summed E-state index contributed by atoms with van der Waals surface area (Å²) in [4.78, 5) is 28.4. The van der Waals surface area contributed by atoms with Gasteiger partial charge in [-0.2, -0.15) is 0 Å². The van der Waals surface area contributed by atoms with Crippen LogP contribution in [0.3, 0.4) is 0 Å². The van der Waals surface area contributed by atoms with Crippen LogP contribution in [0, 0.1) is 0 Å². The highest BCUT2D eigenvalue weighted by Gasteiger charge is 2.20. The number of hydrogen-bond acceptors (Lipinski definition) is 5. The average molecular weight is 302 g/mol. The Kier molecular flexibility index (Phi) is 3.97. The summed E-state index contributed by atoms with van der Waals surface area (Å²) >= 11 is 0. The molecule has 22 heavy (non-hydrogen) atoms. The maximum absolute atomic E-state index is 12.1. The second kappa shape index (κ2) is 6.07. The Morgan fingerprint density at radius 2 is 1.82 bits per heavy atom. The van der Waals surface area contributed by atoms with Gasteiger partial charge in [0.1, 0.15) is 11.5 Å². The number of benzene rings is 1. The Morgan fingerprint density at radius 1 is 1.14 bits per heavy atom. The van der Waals surface area contributed by atoms with Crippen LogP contribution in [-0.4, -0.2) is 35.9 Å². The molecule has 0 saturated carbocycles. The van der Waals surface area contributed by atoms with Gasteiger partial charge < -0.3 is 15.4 Å². The summed E-state index contributed by atoms with van der Waals surface area (Å²) in [7, 11) is 0. The standard InChI is InChI=1S/C15H18N4O3/c16-13-12(18-6-8-22-9-7-18)14(20)17-15(21)19(13)10-11-4-2-1-3-5-11/h1-5H,6-10,16H2,(H,17,20,21). The van der Waals surface area contributed by atoms with Crippen LogP contribution in [0.5, 0.6) is 0 Å². The van der Waals surface area contributed by atoms with E-state index in [0.717, 1.165) is 5.56 Å². The van der Waals surface area contributed by atoms with Crippen molar-refractivity contribution in [3.63, 3.8) is 0 Å². The number of hydrogen-bond donors (Lipinski definition) is 2. The highest BCUT2D eigenvalue weighted by molar-refractivity contribution is 5.62. The van der Waals surface area contributed by atoms with Crippen LogP contribution in [0.4, 0.5) is 11.5 Å². The average Bonchev–Trinajstić information content (AvgIpc) is 2.53. The molecule has 0 unspecified atom stereocenters. The van der Waals surface area contributed by atoms with Crippen LogP contribution in [0.1, 0.15) is 5.56 Å². The Bertz CT molecular complexity index is 761. The molecule has 0 spiro atoms. The van der Waals surface area contributed by atoms with Gasteiger partial charge in [-0.25, -0.2) is 4.79 Å². The second-order valence-electron chi connectivity index (χ2n) is 5.16. The summed E-state index contributed by atoms with van der Waals surface area (Å²) < 4.78 is 6.68. The van der Waals surface area contributed by atoms with E-state index in [1.165, 1.54) is 4.57 Å². The molecular formula is C15H18N4O3. The molecule has 1 fully saturated rings. The van der Waals surface area contributed by atoms with E-state index in [-0.39, 0.29) is 5.82 Å². The van der Waals surface area contributed by atoms with Crippen molar-refractivity contribution < 1.29 is 4.74 Å². The number of ether oxygens (including phenoxy) is 1. The molecule has 1 aromatic carbocycles. The number of nitrogens with one attached hydrogen (secondary N) is 1. The van der Waals surface area contributed by atoms with E-state index in [9.17, 15) is 9.59 Å². The smallest absolute Gasteiger partial charge is 0.330 e. The number of nitrogens with two attached hydrogens (primary N) is 1. The van der Waals surface area contributed by atoms with Gasteiger partial charge in [-0.05, 0) is 5.56 Å². The summed E-state index contributed by atoms with van der Waals surface area (Å²) in [6, 6.07) is 9.51. The first-order valence-corrected chi connectivity index (χ1v) is 7.16. The number of aromatic amines is 1. The summed E-state index contributed by atoms with van der Waals surface area (Å²) in [5.41, 5.74) is 6.46. The number of morpholine rings is 1. The zero-order chi connectivity index (χ0) is 15.5. The number of rotatable bonds is 3. The fourth-order valence-corrected chi connectivity index (χ4v) is 2.59. The summed E-state index contributed by atoms with van der Waals surface area (Å²) in [5.74, 6) is 0.194. The van der Waals surface area contributed by atoms with E-state index in [0.29, 0.717) is 38.5 Å². The third-order valence-electron chi connectivity index (χ3n) is 3.72. The molecule has 0 amide bonds. The number of aromatic nitrogens is 2. The van der Waals surface area contributed by atoms with E-state index in [1.807, 2.05) is 35.2 Å². The lowest BCUT2D eigenvalue weighted by atomic mass is 10.2. The Hall–Kier alpha value is -2.54. The van der Waals surface area contributed by atoms with Crippen LogP contribution in [0.15, 0.2) is 39.9 Å². The molecule has 0 bridgehead atoms. The van der Waals surface area contributed by atoms with Crippen molar-refractivity contribution in [3.05, 3.63) is 56.7 Å². The first-order chi connectivity index (χ1) is 10.7. The summed E-state index contributed by atoms with van der Waals surface area (Å²) in [6.45, 7) is 2.56. The molecule has 1 saturated heterocycles. The molecule has 1 aliphatic rings. The van der Waals surface area contributed by atoms with Gasteiger partial charge in [0.25, 0.3) is 5.56 Å². The fourth-order valence-electron chi connectivity index (χ4n) is 2.59. The van der Waals surface area contributed by atoms with Gasteiger partial charge in [0, 0.05) is 13.1 Å². The van der Waals surface area contributed by atoms with Crippen LogP contribution in [0.25, 0.3) is 0 Å². The maximum Gasteiger partial charge on any atom is 0.330 e. The zero-order valence-corrected chi connectivity index (χ0v) is 12.1. The monoisotopic (exact) mass is 302 g/mol. The molecule has 0 radical (unpaired) electrons. The van der Waals surface area contributed by atoms with Gasteiger partial charge in [0.15, 0.2) is 0 Å². The highest BCUT2D eigenvalue weighted by Crippen LogP contribution is 2.18. The van der Waals surface area contributed by atoms with Crippen molar-refractivity contribution in [1.29, 1.82) is 0 Å². The largest absolute Gasteiger partial charge is 0.383 e. The third kappa shape index (κ3) is 2.75. The fraction of sp³-hybridized carbons (Fsp3) is 0.333. The van der Waals surface area contributed by atoms with E-state index in [4.69, 9.17) is 10.5 Å². The molecule has 0 atom stereocenters. The zero-order valence-electron chi connectivity index (χ0n) is 12.1. The second-order valence-corrected chi connectivity index (χ2v) is 5.16. The predicted molar refractivity (Wildman–Crippen MR) is 84.3 cm³/mol. The Morgan fingerprint density at radius 3 is 2.50 bits per heavy atom. The van der Waals surface area contributed by atoms with E-state index < -0.39 is 11.2 Å². The van der Waals surface area contributed by atoms with Gasteiger partial charge in [-0.3, -0.25) is 14.3 Å². The topological polar surface area (TPSA) is 93.3 Å². The lowest BCUT2D eigenvalue weighted by Gasteiger charge is -2.29. The van der Waals surface area contributed by atoms with Gasteiger partial charge in [0.05, 0.1) is 19.8 Å². The lowest BCUT2D eigenvalue weighted by molar-refractivity contribution is 0.122. The molecule has 1 aromatic heterocycles. The predicted octanol–water partition coefficient (Wildman–Crippen LogP) is 0.00370. The van der Waals surface area contributed by atoms with Crippen molar-refractivity contribution in [1.82, 2.24) is 9.55 Å². The van der Waals surface area contributed by atoms with Crippen molar-refractivity contribution in [2.75, 3.05) is 36.9 Å². The molecule has 7 heteroatoms. The van der Waals surface area contributed by atoms with E-state index >= 15 is 0 Å². The van der Waals surface area contributed by atoms with Gasteiger partial charge in [0.2, 0.25) is 0 Å². The molecule has 3 N–H and O–H groups in total. The Balaban J connectivity index is 2.03. The van der Waals surface area contributed by atoms with Crippen LogP contribution in [0.2, 0.25) is 0 Å². The van der Waals surface area contributed by atoms with Gasteiger partial charge in [-0.15, -0.1) is 0 Å². The molecule has 0 aliphatic carbocycles. The highest BCUT2D eigenvalue weighted by atomic mass is 16.5. The van der Waals surface area contributed by atoms with E-state index in [1.54, 1.807) is 0 Å². The molecule has 2 heterocycles. The minimum absolute atomic E-state index is 0.194. The first kappa shape index (κ1) is 14.4. The molecular weight excluding hydrogens is 284 g/mol. The van der Waals surface area contributed by atoms with Crippen molar-refractivity contribution in [3.8, 4) is 0 Å². The molecule has 1 aliphatic heterocycles. The minimum Gasteiger partial charge on any atom is -0.383 e. The molecule has 2 aromatic rings. The SMILES string of the molecule is Nc1c(N2CCOCC2)c(=O)[nH]c(=O)n1Cc1ccccc1. The number of nitrogen functional groups attached to an aromatic ring is 1. The third-order valence-corrected chi connectivity index (χ3v) is 3.72. The Labute approximate surface area is 126 Å². The van der Waals surface area contributed by atoms with Crippen molar-refractivity contribution in [2.24, 2.45) is 0 Å². The lowest BCUT2D eigenvalue weighted by Crippen LogP contribution is -2.43. The van der Waals surface area contributed by atoms with E-state index in [2.05, 4.69) is 4.98 Å². The summed E-state index contributed by atoms with van der Waals surface area (Å²) in [6.07, 6.45) is 0. The van der Waals surface area contributed by atoms with Gasteiger partial charge >= 0.3 is 5.69 Å². The molecule has 7 nitrogen and oxygen atoms in total. The maximum atomic E-state index is 12.1. The normalized spacial score (nSPS) is 15.0. The number of nitrogens with zero attached hydrogens (tertiary/aromatic N) is 2. The number of H-pyrrole nitrogens is 1. The van der Waals surface area contributed by atoms with Gasteiger partial charge in [-0.1, -0.05) is 30.3 Å². The van der Waals surface area contributed by atoms with Crippen molar-refractivity contribution >= 4 is 11.5 Å². The molecule has 3 rings (SSSR count). The van der Waals surface area contributed by atoms with Crippen LogP contribution in [-0.2, 0) is 11.3 Å². The quantitative estimate of drug-likeness (QED) is 0.832. The van der Waals surface area contributed by atoms with Crippen LogP contribution >= 0.6 is 0 Å². The minimum atomic E-state index is -0.497. The summed E-state index contributed by atoms with van der Waals surface area (Å²) in [5, 5.41) is 0. The van der Waals surface area contributed by atoms with Crippen LogP contribution < -0.4 is 21.9 Å².